The maximum Gasteiger partial charge on any atom is 0.271 e. The molecule has 2 bridgehead atoms. The summed E-state index contributed by atoms with van der Waals surface area (Å²) in [6.07, 6.45) is 1.89. The molecule has 0 saturated carbocycles. The van der Waals surface area contributed by atoms with Crippen LogP contribution in [0.4, 0.5) is 0 Å². The highest BCUT2D eigenvalue weighted by atomic mass is 32.1. The quantitative estimate of drug-likeness (QED) is 0.364. The standard InChI is InChI=1S/C28H34N6O4S2/c1-16(2)23-28-33-22(15-40-28)27(38)32-20(13-18-9-5-4-6-10-18)24(35)29-12-8-7-11-19(25(36)34-23)31-26(37)21-14-39-17(3)30-21/h4-6,9-10,14-16,19-20,23H,7-8,11-13H2,1-3H3,(H,29,35)(H,31,37)(H,32,38)(H,34,36)/t19-,20+,23+/m0/s1. The number of amides is 4. The molecule has 1 aromatic carbocycles. The third-order valence-corrected chi connectivity index (χ3v) is 8.28. The highest BCUT2D eigenvalue weighted by Crippen LogP contribution is 2.26. The van der Waals surface area contributed by atoms with Crippen LogP contribution in [-0.4, -0.2) is 52.2 Å². The summed E-state index contributed by atoms with van der Waals surface area (Å²) in [5.74, 6) is -1.52. The van der Waals surface area contributed by atoms with Crippen LogP contribution in [0.15, 0.2) is 41.1 Å². The molecule has 4 N–H and O–H groups in total. The summed E-state index contributed by atoms with van der Waals surface area (Å²) in [4.78, 5) is 61.3. The van der Waals surface area contributed by atoms with Crippen LogP contribution < -0.4 is 21.3 Å². The third-order valence-electron chi connectivity index (χ3n) is 6.58. The second kappa shape index (κ2) is 13.6. The first-order valence-corrected chi connectivity index (χ1v) is 15.1. The molecule has 0 saturated heterocycles. The van der Waals surface area contributed by atoms with Crippen molar-refractivity contribution in [2.75, 3.05) is 6.54 Å². The predicted molar refractivity (Wildman–Crippen MR) is 154 cm³/mol. The number of aromatic nitrogens is 2. The molecule has 3 heterocycles. The Labute approximate surface area is 241 Å². The van der Waals surface area contributed by atoms with Crippen LogP contribution in [0, 0.1) is 12.8 Å². The van der Waals surface area contributed by atoms with Crippen molar-refractivity contribution >= 4 is 46.3 Å². The van der Waals surface area contributed by atoms with Gasteiger partial charge < -0.3 is 21.3 Å². The minimum atomic E-state index is -0.798. The van der Waals surface area contributed by atoms with E-state index in [-0.39, 0.29) is 29.1 Å². The van der Waals surface area contributed by atoms with E-state index in [2.05, 4.69) is 31.2 Å². The fraction of sp³-hybridized carbons (Fsp3) is 0.429. The van der Waals surface area contributed by atoms with E-state index in [0.29, 0.717) is 37.2 Å². The van der Waals surface area contributed by atoms with Gasteiger partial charge in [-0.15, -0.1) is 22.7 Å². The molecule has 0 unspecified atom stereocenters. The van der Waals surface area contributed by atoms with Crippen molar-refractivity contribution in [1.29, 1.82) is 0 Å². The second-order valence-corrected chi connectivity index (χ2v) is 12.0. The van der Waals surface area contributed by atoms with Gasteiger partial charge in [0.05, 0.1) is 11.0 Å². The number of carbonyl (C=O) groups is 4. The number of hydrogen-bond acceptors (Lipinski definition) is 8. The molecule has 4 amide bonds. The number of aryl methyl sites for hydroxylation is 1. The summed E-state index contributed by atoms with van der Waals surface area (Å²) in [7, 11) is 0. The molecule has 10 nitrogen and oxygen atoms in total. The Morgan fingerprint density at radius 2 is 1.80 bits per heavy atom. The van der Waals surface area contributed by atoms with Gasteiger partial charge in [0.25, 0.3) is 11.8 Å². The lowest BCUT2D eigenvalue weighted by molar-refractivity contribution is -0.124. The normalized spacial score (nSPS) is 20.9. The molecule has 0 aliphatic carbocycles. The minimum Gasteiger partial charge on any atom is -0.354 e. The van der Waals surface area contributed by atoms with Crippen molar-refractivity contribution in [3.63, 3.8) is 0 Å². The van der Waals surface area contributed by atoms with Gasteiger partial charge in [0.1, 0.15) is 28.5 Å². The Hall–Kier alpha value is -3.64. The Bertz CT molecular complexity index is 1340. The Kier molecular flexibility index (Phi) is 9.99. The van der Waals surface area contributed by atoms with Crippen LogP contribution >= 0.6 is 22.7 Å². The number of nitrogens with one attached hydrogen (secondary N) is 4. The lowest BCUT2D eigenvalue weighted by Gasteiger charge is -2.25. The maximum absolute atomic E-state index is 13.4. The molecule has 40 heavy (non-hydrogen) atoms. The van der Waals surface area contributed by atoms with Crippen molar-refractivity contribution < 1.29 is 19.2 Å². The summed E-state index contributed by atoms with van der Waals surface area (Å²) in [6.45, 7) is 6.09. The second-order valence-electron chi connectivity index (χ2n) is 10.1. The van der Waals surface area contributed by atoms with E-state index in [1.54, 1.807) is 10.8 Å². The van der Waals surface area contributed by atoms with Gasteiger partial charge in [0.2, 0.25) is 11.8 Å². The van der Waals surface area contributed by atoms with Gasteiger partial charge in [-0.2, -0.15) is 0 Å². The fourth-order valence-corrected chi connectivity index (χ4v) is 5.98. The molecular weight excluding hydrogens is 548 g/mol. The van der Waals surface area contributed by atoms with Gasteiger partial charge >= 0.3 is 0 Å². The average molecular weight is 583 g/mol. The molecule has 0 spiro atoms. The van der Waals surface area contributed by atoms with Crippen LogP contribution in [0.2, 0.25) is 0 Å². The molecule has 4 rings (SSSR count). The van der Waals surface area contributed by atoms with E-state index in [1.165, 1.54) is 22.7 Å². The van der Waals surface area contributed by atoms with Gasteiger partial charge in [-0.1, -0.05) is 44.2 Å². The first-order chi connectivity index (χ1) is 19.2. The Morgan fingerprint density at radius 3 is 2.50 bits per heavy atom. The first-order valence-electron chi connectivity index (χ1n) is 13.3. The van der Waals surface area contributed by atoms with Gasteiger partial charge in [-0.05, 0) is 37.7 Å². The molecule has 12 heteroatoms. The van der Waals surface area contributed by atoms with Gasteiger partial charge in [-0.25, -0.2) is 9.97 Å². The molecular formula is C28H34N6O4S2. The zero-order valence-corrected chi connectivity index (χ0v) is 24.4. The van der Waals surface area contributed by atoms with Crippen LogP contribution in [0.3, 0.4) is 0 Å². The highest BCUT2D eigenvalue weighted by molar-refractivity contribution is 7.10. The minimum absolute atomic E-state index is 0.0287. The maximum atomic E-state index is 13.4. The zero-order valence-electron chi connectivity index (χ0n) is 22.7. The van der Waals surface area contributed by atoms with E-state index in [1.807, 2.05) is 51.1 Å². The van der Waals surface area contributed by atoms with E-state index < -0.39 is 29.9 Å². The van der Waals surface area contributed by atoms with Crippen LogP contribution in [0.5, 0.6) is 0 Å². The lowest BCUT2D eigenvalue weighted by atomic mass is 10.0. The van der Waals surface area contributed by atoms with E-state index in [9.17, 15) is 19.2 Å². The number of fused-ring (bicyclic) bond motifs is 2. The van der Waals surface area contributed by atoms with Gasteiger partial charge in [-0.3, -0.25) is 19.2 Å². The zero-order chi connectivity index (χ0) is 28.6. The highest BCUT2D eigenvalue weighted by Gasteiger charge is 2.29. The summed E-state index contributed by atoms with van der Waals surface area (Å²) >= 11 is 2.63. The largest absolute Gasteiger partial charge is 0.354 e. The number of carbonyl (C=O) groups excluding carboxylic acids is 4. The third kappa shape index (κ3) is 7.72. The topological polar surface area (TPSA) is 142 Å². The fourth-order valence-electron chi connectivity index (χ4n) is 4.37. The Morgan fingerprint density at radius 1 is 1.02 bits per heavy atom. The molecule has 3 aromatic rings. The number of benzene rings is 1. The lowest BCUT2D eigenvalue weighted by Crippen LogP contribution is -2.49. The van der Waals surface area contributed by atoms with Crippen molar-refractivity contribution in [1.82, 2.24) is 31.2 Å². The van der Waals surface area contributed by atoms with Gasteiger partial charge in [0, 0.05) is 23.7 Å². The summed E-state index contributed by atoms with van der Waals surface area (Å²) in [6, 6.07) is 7.47. The molecule has 1 aliphatic heterocycles. The number of hydrogen-bond donors (Lipinski definition) is 4. The molecule has 1 aliphatic rings. The summed E-state index contributed by atoms with van der Waals surface area (Å²) in [5.41, 5.74) is 1.38. The molecule has 212 valence electrons. The number of thiazole rings is 2. The van der Waals surface area contributed by atoms with Gasteiger partial charge in [0.15, 0.2) is 0 Å². The van der Waals surface area contributed by atoms with Crippen LogP contribution in [-0.2, 0) is 16.0 Å². The number of rotatable bonds is 5. The Balaban J connectivity index is 1.57. The van der Waals surface area contributed by atoms with Crippen molar-refractivity contribution in [3.05, 3.63) is 68.1 Å². The van der Waals surface area contributed by atoms with E-state index in [0.717, 1.165) is 10.6 Å². The van der Waals surface area contributed by atoms with Crippen molar-refractivity contribution in [2.24, 2.45) is 5.92 Å². The first kappa shape index (κ1) is 29.3. The number of nitrogens with zero attached hydrogens (tertiary/aromatic N) is 2. The predicted octanol–water partition coefficient (Wildman–Crippen LogP) is 3.16. The average Bonchev–Trinajstić information content (AvgIpc) is 3.59. The molecule has 3 atom stereocenters. The van der Waals surface area contributed by atoms with Crippen molar-refractivity contribution in [2.45, 2.75) is 64.6 Å². The molecule has 0 fully saturated rings. The smallest absolute Gasteiger partial charge is 0.271 e. The summed E-state index contributed by atoms with van der Waals surface area (Å²) < 4.78 is 0. The molecule has 0 radical (unpaired) electrons. The van der Waals surface area contributed by atoms with E-state index in [4.69, 9.17) is 0 Å². The van der Waals surface area contributed by atoms with E-state index >= 15 is 0 Å². The monoisotopic (exact) mass is 582 g/mol. The molecule has 2 aromatic heterocycles. The summed E-state index contributed by atoms with van der Waals surface area (Å²) in [5, 5.41) is 16.3. The van der Waals surface area contributed by atoms with Crippen LogP contribution in [0.1, 0.15) is 75.7 Å². The van der Waals surface area contributed by atoms with Crippen molar-refractivity contribution in [3.8, 4) is 0 Å². The van der Waals surface area contributed by atoms with Crippen LogP contribution in [0.25, 0.3) is 0 Å². The SMILES string of the molecule is Cc1nc(C(=O)N[C@H]2CCCCNC(=O)[C@@H](Cc3ccccc3)NC(=O)c3csc(n3)[C@@H](C(C)C)NC2=O)cs1.